The van der Waals surface area contributed by atoms with E-state index in [1.54, 1.807) is 16.8 Å². The standard InChI is InChI=1S/C17H19N3O2S/c1-3-17(21)18-7-13-5-12-4-11(2)16(6-15(12)20-13)22-8-14-9-23-10-19-14/h4-6,9-10,20H,3,7-8H2,1-2H3,(H,18,21). The lowest BCUT2D eigenvalue weighted by Gasteiger charge is -2.08. The molecule has 0 atom stereocenters. The highest BCUT2D eigenvalue weighted by molar-refractivity contribution is 7.07. The summed E-state index contributed by atoms with van der Waals surface area (Å²) >= 11 is 1.56. The van der Waals surface area contributed by atoms with E-state index in [0.29, 0.717) is 19.6 Å². The van der Waals surface area contributed by atoms with Crippen molar-refractivity contribution in [1.29, 1.82) is 0 Å². The highest BCUT2D eigenvalue weighted by atomic mass is 32.1. The van der Waals surface area contributed by atoms with Crippen LogP contribution < -0.4 is 10.1 Å². The Hall–Kier alpha value is -2.34. The Kier molecular flexibility index (Phi) is 4.62. The third kappa shape index (κ3) is 3.71. The van der Waals surface area contributed by atoms with Gasteiger partial charge in [0.05, 0.1) is 17.7 Å². The predicted molar refractivity (Wildman–Crippen MR) is 91.6 cm³/mol. The van der Waals surface area contributed by atoms with Gasteiger partial charge in [-0.1, -0.05) is 6.92 Å². The number of ether oxygens (including phenoxy) is 1. The first-order chi connectivity index (χ1) is 11.2. The Morgan fingerprint density at radius 1 is 1.39 bits per heavy atom. The Morgan fingerprint density at radius 2 is 2.26 bits per heavy atom. The maximum absolute atomic E-state index is 11.4. The summed E-state index contributed by atoms with van der Waals surface area (Å²) in [6, 6.07) is 6.15. The molecule has 5 nitrogen and oxygen atoms in total. The first-order valence-corrected chi connectivity index (χ1v) is 8.48. The van der Waals surface area contributed by atoms with Gasteiger partial charge in [0.2, 0.25) is 5.91 Å². The predicted octanol–water partition coefficient (Wildman–Crippen LogP) is 3.54. The third-order valence-corrected chi connectivity index (χ3v) is 4.26. The van der Waals surface area contributed by atoms with Gasteiger partial charge in [0.15, 0.2) is 0 Å². The number of fused-ring (bicyclic) bond motifs is 1. The van der Waals surface area contributed by atoms with Crippen LogP contribution in [0.25, 0.3) is 10.9 Å². The van der Waals surface area contributed by atoms with Crippen LogP contribution in [0.1, 0.15) is 30.3 Å². The summed E-state index contributed by atoms with van der Waals surface area (Å²) in [5, 5.41) is 5.97. The van der Waals surface area contributed by atoms with Crippen molar-refractivity contribution in [2.45, 2.75) is 33.4 Å². The van der Waals surface area contributed by atoms with Gasteiger partial charge in [0.1, 0.15) is 12.4 Å². The number of benzene rings is 1. The third-order valence-electron chi connectivity index (χ3n) is 3.63. The number of aryl methyl sites for hydroxylation is 1. The molecule has 3 rings (SSSR count). The molecule has 2 heterocycles. The van der Waals surface area contributed by atoms with Gasteiger partial charge in [-0.2, -0.15) is 0 Å². The van der Waals surface area contributed by atoms with E-state index in [4.69, 9.17) is 4.74 Å². The lowest BCUT2D eigenvalue weighted by atomic mass is 10.1. The van der Waals surface area contributed by atoms with Crippen LogP contribution >= 0.6 is 11.3 Å². The van der Waals surface area contributed by atoms with E-state index >= 15 is 0 Å². The monoisotopic (exact) mass is 329 g/mol. The zero-order valence-corrected chi connectivity index (χ0v) is 14.0. The minimum atomic E-state index is 0.0483. The number of H-pyrrole nitrogens is 1. The molecule has 0 fully saturated rings. The number of carbonyl (C=O) groups excluding carboxylic acids is 1. The summed E-state index contributed by atoms with van der Waals surface area (Å²) in [4.78, 5) is 18.9. The number of carbonyl (C=O) groups is 1. The van der Waals surface area contributed by atoms with Gasteiger partial charge in [-0.05, 0) is 24.6 Å². The summed E-state index contributed by atoms with van der Waals surface area (Å²) in [5.74, 6) is 0.892. The molecule has 0 spiro atoms. The maximum Gasteiger partial charge on any atom is 0.220 e. The fourth-order valence-electron chi connectivity index (χ4n) is 2.36. The molecule has 0 bridgehead atoms. The van der Waals surface area contributed by atoms with Crippen LogP contribution in [-0.2, 0) is 17.9 Å². The second-order valence-electron chi connectivity index (χ2n) is 5.40. The van der Waals surface area contributed by atoms with E-state index in [-0.39, 0.29) is 5.91 Å². The van der Waals surface area contributed by atoms with E-state index in [1.807, 2.05) is 25.3 Å². The molecule has 6 heteroatoms. The molecule has 23 heavy (non-hydrogen) atoms. The van der Waals surface area contributed by atoms with Crippen molar-refractivity contribution in [1.82, 2.24) is 15.3 Å². The first kappa shape index (κ1) is 15.6. The molecule has 3 aromatic rings. The largest absolute Gasteiger partial charge is 0.487 e. The van der Waals surface area contributed by atoms with Crippen LogP contribution in [0, 0.1) is 6.92 Å². The van der Waals surface area contributed by atoms with E-state index in [0.717, 1.165) is 33.6 Å². The molecule has 0 aliphatic rings. The molecule has 1 aromatic carbocycles. The SMILES string of the molecule is CCC(=O)NCc1cc2cc(C)c(OCc3cscn3)cc2[nH]1. The summed E-state index contributed by atoms with van der Waals surface area (Å²) in [6.45, 7) is 4.85. The molecular weight excluding hydrogens is 310 g/mol. The number of aromatic amines is 1. The lowest BCUT2D eigenvalue weighted by Crippen LogP contribution is -2.21. The Labute approximate surface area is 138 Å². The Morgan fingerprint density at radius 3 is 3.00 bits per heavy atom. The zero-order chi connectivity index (χ0) is 16.2. The normalized spacial score (nSPS) is 10.9. The zero-order valence-electron chi connectivity index (χ0n) is 13.2. The Balaban J connectivity index is 1.75. The van der Waals surface area contributed by atoms with Gasteiger partial charge in [0.25, 0.3) is 0 Å². The average Bonchev–Trinajstić information content (AvgIpc) is 3.19. The van der Waals surface area contributed by atoms with Gasteiger partial charge < -0.3 is 15.0 Å². The van der Waals surface area contributed by atoms with Gasteiger partial charge >= 0.3 is 0 Å². The van der Waals surface area contributed by atoms with E-state index < -0.39 is 0 Å². The van der Waals surface area contributed by atoms with Crippen LogP contribution in [0.15, 0.2) is 29.1 Å². The molecule has 2 N–H and O–H groups in total. The van der Waals surface area contributed by atoms with Crippen molar-refractivity contribution < 1.29 is 9.53 Å². The number of hydrogen-bond acceptors (Lipinski definition) is 4. The number of thiazole rings is 1. The van der Waals surface area contributed by atoms with Crippen molar-refractivity contribution >= 4 is 28.1 Å². The topological polar surface area (TPSA) is 67.0 Å². The number of aromatic nitrogens is 2. The smallest absolute Gasteiger partial charge is 0.220 e. The summed E-state index contributed by atoms with van der Waals surface area (Å²) in [6.07, 6.45) is 0.494. The molecule has 0 radical (unpaired) electrons. The van der Waals surface area contributed by atoms with Gasteiger partial charge in [-0.25, -0.2) is 4.98 Å². The molecule has 1 amide bonds. The number of nitrogens with zero attached hydrogens (tertiary/aromatic N) is 1. The highest BCUT2D eigenvalue weighted by Crippen LogP contribution is 2.26. The Bertz CT molecular complexity index is 809. The minimum absolute atomic E-state index is 0.0483. The molecule has 0 aliphatic carbocycles. The average molecular weight is 329 g/mol. The quantitative estimate of drug-likeness (QED) is 0.727. The molecule has 2 aromatic heterocycles. The van der Waals surface area contributed by atoms with Gasteiger partial charge in [-0.15, -0.1) is 11.3 Å². The van der Waals surface area contributed by atoms with Crippen molar-refractivity contribution in [3.63, 3.8) is 0 Å². The number of hydrogen-bond donors (Lipinski definition) is 2. The van der Waals surface area contributed by atoms with Crippen LogP contribution in [0.4, 0.5) is 0 Å². The lowest BCUT2D eigenvalue weighted by molar-refractivity contribution is -0.120. The van der Waals surface area contributed by atoms with Crippen LogP contribution in [0.3, 0.4) is 0 Å². The second kappa shape index (κ2) is 6.83. The molecule has 0 aliphatic heterocycles. The molecule has 0 unspecified atom stereocenters. The van der Waals surface area contributed by atoms with Crippen molar-refractivity contribution in [2.24, 2.45) is 0 Å². The fraction of sp³-hybridized carbons (Fsp3) is 0.294. The summed E-state index contributed by atoms with van der Waals surface area (Å²) < 4.78 is 5.87. The maximum atomic E-state index is 11.4. The molecule has 0 saturated carbocycles. The minimum Gasteiger partial charge on any atom is -0.487 e. The van der Waals surface area contributed by atoms with Crippen LogP contribution in [-0.4, -0.2) is 15.9 Å². The number of nitrogens with one attached hydrogen (secondary N) is 2. The van der Waals surface area contributed by atoms with Gasteiger partial charge in [0, 0.05) is 34.5 Å². The van der Waals surface area contributed by atoms with Gasteiger partial charge in [-0.3, -0.25) is 4.79 Å². The second-order valence-corrected chi connectivity index (χ2v) is 6.12. The molecule has 0 saturated heterocycles. The number of rotatable bonds is 6. The van der Waals surface area contributed by atoms with E-state index in [1.165, 1.54) is 0 Å². The molecule has 120 valence electrons. The molecular formula is C17H19N3O2S. The van der Waals surface area contributed by atoms with Crippen molar-refractivity contribution in [3.8, 4) is 5.75 Å². The van der Waals surface area contributed by atoms with Crippen molar-refractivity contribution in [2.75, 3.05) is 0 Å². The number of amides is 1. The van der Waals surface area contributed by atoms with E-state index in [9.17, 15) is 4.79 Å². The first-order valence-electron chi connectivity index (χ1n) is 7.54. The van der Waals surface area contributed by atoms with E-state index in [2.05, 4.69) is 27.4 Å². The van der Waals surface area contributed by atoms with Crippen molar-refractivity contribution in [3.05, 3.63) is 46.0 Å². The summed E-state index contributed by atoms with van der Waals surface area (Å²) in [7, 11) is 0. The highest BCUT2D eigenvalue weighted by Gasteiger charge is 2.08. The van der Waals surface area contributed by atoms with Crippen LogP contribution in [0.5, 0.6) is 5.75 Å². The van der Waals surface area contributed by atoms with Crippen LogP contribution in [0.2, 0.25) is 0 Å². The summed E-state index contributed by atoms with van der Waals surface area (Å²) in [5.41, 5.74) is 5.80. The fourth-order valence-corrected chi connectivity index (χ4v) is 2.91.